The van der Waals surface area contributed by atoms with Gasteiger partial charge in [-0.1, -0.05) is 42.5 Å². The fraction of sp³-hybridized carbons (Fsp3) is 0.333. The second kappa shape index (κ2) is 8.03. The summed E-state index contributed by atoms with van der Waals surface area (Å²) in [5, 5.41) is 9.79. The van der Waals surface area contributed by atoms with Gasteiger partial charge in [0, 0.05) is 19.6 Å². The standard InChI is InChI=1S/C21H23N3O2/c22-16-21(18-6-2-1-3-7-18)9-11-24(12-10-21)14-17-5-4-8-19(13-17)26-15-20(23)25/h1-8,13H,9-12,14-15H2,(H2,23,25). The zero-order chi connectivity index (χ0) is 18.4. The van der Waals surface area contributed by atoms with Crippen molar-refractivity contribution >= 4 is 5.91 Å². The van der Waals surface area contributed by atoms with Crippen LogP contribution < -0.4 is 10.5 Å². The van der Waals surface area contributed by atoms with Gasteiger partial charge in [-0.3, -0.25) is 9.69 Å². The number of carbonyl (C=O) groups excluding carboxylic acids is 1. The summed E-state index contributed by atoms with van der Waals surface area (Å²) in [6.45, 7) is 2.42. The number of nitrogens with zero attached hydrogens (tertiary/aromatic N) is 2. The first-order valence-corrected chi connectivity index (χ1v) is 8.80. The number of primary amides is 1. The Balaban J connectivity index is 1.61. The van der Waals surface area contributed by atoms with E-state index in [9.17, 15) is 10.1 Å². The van der Waals surface area contributed by atoms with E-state index in [4.69, 9.17) is 10.5 Å². The number of carbonyl (C=O) groups is 1. The summed E-state index contributed by atoms with van der Waals surface area (Å²) in [7, 11) is 0. The molecule has 1 aliphatic rings. The van der Waals surface area contributed by atoms with Crippen LogP contribution in [0.4, 0.5) is 0 Å². The van der Waals surface area contributed by atoms with Crippen LogP contribution in [0.2, 0.25) is 0 Å². The predicted molar refractivity (Wildman–Crippen MR) is 99.4 cm³/mol. The third-order valence-electron chi connectivity index (χ3n) is 4.94. The number of nitrogens with two attached hydrogens (primary N) is 1. The maximum Gasteiger partial charge on any atom is 0.255 e. The molecule has 2 N–H and O–H groups in total. The quantitative estimate of drug-likeness (QED) is 0.869. The molecule has 5 heteroatoms. The Hall–Kier alpha value is -2.84. The SMILES string of the molecule is N#CC1(c2ccccc2)CCN(Cc2cccc(OCC(N)=O)c2)CC1. The number of rotatable bonds is 6. The minimum absolute atomic E-state index is 0.116. The summed E-state index contributed by atoms with van der Waals surface area (Å²) in [5.41, 5.74) is 6.97. The topological polar surface area (TPSA) is 79.3 Å². The molecule has 0 unspecified atom stereocenters. The van der Waals surface area contributed by atoms with Gasteiger partial charge in [0.1, 0.15) is 5.75 Å². The summed E-state index contributed by atoms with van der Waals surface area (Å²) in [5.74, 6) is 0.161. The lowest BCUT2D eigenvalue weighted by atomic mass is 9.74. The average Bonchev–Trinajstić information content (AvgIpc) is 2.68. The highest BCUT2D eigenvalue weighted by Crippen LogP contribution is 2.35. The Morgan fingerprint density at radius 2 is 1.88 bits per heavy atom. The molecule has 0 spiro atoms. The van der Waals surface area contributed by atoms with Crippen LogP contribution in [-0.2, 0) is 16.8 Å². The summed E-state index contributed by atoms with van der Waals surface area (Å²) in [6, 6.07) is 20.4. The number of hydrogen-bond acceptors (Lipinski definition) is 4. The molecule has 0 aliphatic carbocycles. The Morgan fingerprint density at radius 1 is 1.15 bits per heavy atom. The molecule has 2 aromatic carbocycles. The van der Waals surface area contributed by atoms with E-state index in [0.29, 0.717) is 5.75 Å². The number of nitriles is 1. The molecule has 134 valence electrons. The molecule has 5 nitrogen and oxygen atoms in total. The van der Waals surface area contributed by atoms with Crippen LogP contribution in [0.25, 0.3) is 0 Å². The Labute approximate surface area is 154 Å². The van der Waals surface area contributed by atoms with Crippen LogP contribution in [0.1, 0.15) is 24.0 Å². The minimum atomic E-state index is -0.486. The van der Waals surface area contributed by atoms with Crippen molar-refractivity contribution in [2.75, 3.05) is 19.7 Å². The zero-order valence-electron chi connectivity index (χ0n) is 14.7. The summed E-state index contributed by atoms with van der Waals surface area (Å²) < 4.78 is 5.37. The Morgan fingerprint density at radius 3 is 2.54 bits per heavy atom. The molecule has 0 atom stereocenters. The first kappa shape index (κ1) is 18.0. The fourth-order valence-corrected chi connectivity index (χ4v) is 3.46. The molecule has 0 bridgehead atoms. The van der Waals surface area contributed by atoms with Gasteiger partial charge in [-0.05, 0) is 36.1 Å². The maximum atomic E-state index is 10.8. The third kappa shape index (κ3) is 4.22. The van der Waals surface area contributed by atoms with E-state index in [1.807, 2.05) is 42.5 Å². The van der Waals surface area contributed by atoms with Crippen LogP contribution in [0.15, 0.2) is 54.6 Å². The van der Waals surface area contributed by atoms with Gasteiger partial charge >= 0.3 is 0 Å². The van der Waals surface area contributed by atoms with E-state index < -0.39 is 5.91 Å². The number of likely N-dealkylation sites (tertiary alicyclic amines) is 1. The molecule has 3 rings (SSSR count). The van der Waals surface area contributed by atoms with Gasteiger partial charge in [-0.25, -0.2) is 0 Å². The lowest BCUT2D eigenvalue weighted by Gasteiger charge is -2.37. The van der Waals surface area contributed by atoms with Gasteiger partial charge in [0.2, 0.25) is 0 Å². The first-order chi connectivity index (χ1) is 12.6. The minimum Gasteiger partial charge on any atom is -0.484 e. The molecule has 1 saturated heterocycles. The molecule has 1 fully saturated rings. The summed E-state index contributed by atoms with van der Waals surface area (Å²) in [6.07, 6.45) is 1.65. The van der Waals surface area contributed by atoms with E-state index in [0.717, 1.165) is 43.6 Å². The van der Waals surface area contributed by atoms with Crippen LogP contribution >= 0.6 is 0 Å². The smallest absolute Gasteiger partial charge is 0.255 e. The molecule has 1 aliphatic heterocycles. The Kier molecular flexibility index (Phi) is 5.55. The van der Waals surface area contributed by atoms with Crippen molar-refractivity contribution in [3.05, 3.63) is 65.7 Å². The van der Waals surface area contributed by atoms with Gasteiger partial charge in [0.05, 0.1) is 11.5 Å². The van der Waals surface area contributed by atoms with Crippen molar-refractivity contribution in [2.24, 2.45) is 5.73 Å². The molecule has 26 heavy (non-hydrogen) atoms. The van der Waals surface area contributed by atoms with Gasteiger partial charge in [-0.2, -0.15) is 5.26 Å². The lowest BCUT2D eigenvalue weighted by molar-refractivity contribution is -0.119. The number of hydrogen-bond donors (Lipinski definition) is 1. The lowest BCUT2D eigenvalue weighted by Crippen LogP contribution is -2.41. The van der Waals surface area contributed by atoms with Gasteiger partial charge in [0.25, 0.3) is 5.91 Å². The predicted octanol–water partition coefficient (Wildman–Crippen LogP) is 2.61. The first-order valence-electron chi connectivity index (χ1n) is 8.80. The van der Waals surface area contributed by atoms with Crippen LogP contribution in [0.5, 0.6) is 5.75 Å². The molecule has 1 heterocycles. The van der Waals surface area contributed by atoms with Gasteiger partial charge in [0.15, 0.2) is 6.61 Å². The van der Waals surface area contributed by atoms with Crippen molar-refractivity contribution in [1.82, 2.24) is 4.90 Å². The summed E-state index contributed by atoms with van der Waals surface area (Å²) >= 11 is 0. The second-order valence-electron chi connectivity index (χ2n) is 6.74. The monoisotopic (exact) mass is 349 g/mol. The highest BCUT2D eigenvalue weighted by atomic mass is 16.5. The molecule has 0 radical (unpaired) electrons. The van der Waals surface area contributed by atoms with E-state index >= 15 is 0 Å². The number of piperidine rings is 1. The summed E-state index contributed by atoms with van der Waals surface area (Å²) in [4.78, 5) is 13.2. The van der Waals surface area contributed by atoms with Crippen molar-refractivity contribution in [2.45, 2.75) is 24.8 Å². The maximum absolute atomic E-state index is 10.8. The number of amides is 1. The second-order valence-corrected chi connectivity index (χ2v) is 6.74. The van der Waals surface area contributed by atoms with Gasteiger partial charge < -0.3 is 10.5 Å². The van der Waals surface area contributed by atoms with Crippen LogP contribution in [0.3, 0.4) is 0 Å². The highest BCUT2D eigenvalue weighted by Gasteiger charge is 2.36. The van der Waals surface area contributed by atoms with Crippen LogP contribution in [-0.4, -0.2) is 30.5 Å². The number of ether oxygens (including phenoxy) is 1. The fourth-order valence-electron chi connectivity index (χ4n) is 3.46. The van der Waals surface area contributed by atoms with Crippen molar-refractivity contribution in [3.63, 3.8) is 0 Å². The van der Waals surface area contributed by atoms with E-state index in [1.165, 1.54) is 0 Å². The molecule has 2 aromatic rings. The van der Waals surface area contributed by atoms with E-state index in [2.05, 4.69) is 23.1 Å². The van der Waals surface area contributed by atoms with Crippen molar-refractivity contribution in [3.8, 4) is 11.8 Å². The zero-order valence-corrected chi connectivity index (χ0v) is 14.7. The van der Waals surface area contributed by atoms with Crippen LogP contribution in [0, 0.1) is 11.3 Å². The average molecular weight is 349 g/mol. The highest BCUT2D eigenvalue weighted by molar-refractivity contribution is 5.75. The van der Waals surface area contributed by atoms with Crippen molar-refractivity contribution < 1.29 is 9.53 Å². The third-order valence-corrected chi connectivity index (χ3v) is 4.94. The largest absolute Gasteiger partial charge is 0.484 e. The van der Waals surface area contributed by atoms with E-state index in [1.54, 1.807) is 0 Å². The molecular weight excluding hydrogens is 326 g/mol. The molecular formula is C21H23N3O2. The van der Waals surface area contributed by atoms with E-state index in [-0.39, 0.29) is 12.0 Å². The molecule has 0 saturated carbocycles. The van der Waals surface area contributed by atoms with Crippen molar-refractivity contribution in [1.29, 1.82) is 5.26 Å². The molecule has 1 amide bonds. The number of benzene rings is 2. The Bertz CT molecular complexity index is 790. The normalized spacial score (nSPS) is 16.6. The van der Waals surface area contributed by atoms with Gasteiger partial charge in [-0.15, -0.1) is 0 Å². The molecule has 0 aromatic heterocycles.